The zero-order valence-corrected chi connectivity index (χ0v) is 11.9. The molecule has 20 heavy (non-hydrogen) atoms. The van der Waals surface area contributed by atoms with E-state index in [1.807, 2.05) is 37.3 Å². The van der Waals surface area contributed by atoms with Crippen LogP contribution < -0.4 is 16.4 Å². The molecule has 0 aliphatic rings. The van der Waals surface area contributed by atoms with Crippen LogP contribution in [-0.4, -0.2) is 25.0 Å². The largest absolute Gasteiger partial charge is 0.370 e. The molecule has 5 nitrogen and oxygen atoms in total. The summed E-state index contributed by atoms with van der Waals surface area (Å²) in [5.74, 6) is 0.318. The standard InChI is InChI=1S/C15H22N4O/c1-12(2)10-19-15(16)17-9-8-14(20)18-11-13-6-4-3-5-7-13/h3-7H,1,8-11H2,2H3,(H,18,20)(H3,16,17,19). The Labute approximate surface area is 120 Å². The van der Waals surface area contributed by atoms with Crippen molar-refractivity contribution >= 4 is 11.9 Å². The normalized spacial score (nSPS) is 10.9. The Morgan fingerprint density at radius 2 is 2.00 bits per heavy atom. The molecule has 0 saturated carbocycles. The average molecular weight is 274 g/mol. The minimum atomic E-state index is -0.0194. The monoisotopic (exact) mass is 274 g/mol. The number of amides is 1. The zero-order valence-electron chi connectivity index (χ0n) is 11.9. The van der Waals surface area contributed by atoms with Gasteiger partial charge in [0.25, 0.3) is 0 Å². The first-order valence-corrected chi connectivity index (χ1v) is 6.56. The molecule has 0 aliphatic heterocycles. The van der Waals surface area contributed by atoms with Crippen LogP contribution in [0, 0.1) is 0 Å². The molecule has 0 atom stereocenters. The van der Waals surface area contributed by atoms with Gasteiger partial charge in [0.05, 0.1) is 6.54 Å². The van der Waals surface area contributed by atoms with Crippen molar-refractivity contribution in [3.05, 3.63) is 48.0 Å². The Morgan fingerprint density at radius 1 is 1.30 bits per heavy atom. The lowest BCUT2D eigenvalue weighted by molar-refractivity contribution is -0.121. The number of rotatable bonds is 7. The minimum Gasteiger partial charge on any atom is -0.370 e. The molecule has 0 fully saturated rings. The fourth-order valence-corrected chi connectivity index (χ4v) is 1.47. The van der Waals surface area contributed by atoms with E-state index in [0.717, 1.165) is 11.1 Å². The van der Waals surface area contributed by atoms with Crippen LogP contribution in [0.3, 0.4) is 0 Å². The first kappa shape index (κ1) is 15.8. The second kappa shape index (κ2) is 8.74. The fourth-order valence-electron chi connectivity index (χ4n) is 1.47. The third-order valence-corrected chi connectivity index (χ3v) is 2.51. The summed E-state index contributed by atoms with van der Waals surface area (Å²) in [5, 5.41) is 5.74. The summed E-state index contributed by atoms with van der Waals surface area (Å²) in [4.78, 5) is 15.7. The number of hydrogen-bond acceptors (Lipinski definition) is 2. The van der Waals surface area contributed by atoms with Gasteiger partial charge in [-0.05, 0) is 12.5 Å². The van der Waals surface area contributed by atoms with E-state index in [1.165, 1.54) is 0 Å². The van der Waals surface area contributed by atoms with Crippen molar-refractivity contribution in [2.75, 3.05) is 13.1 Å². The van der Waals surface area contributed by atoms with Crippen LogP contribution in [0.15, 0.2) is 47.5 Å². The second-order valence-corrected chi connectivity index (χ2v) is 4.60. The SMILES string of the molecule is C=C(C)CN=C(N)NCCC(=O)NCc1ccccc1. The Balaban J connectivity index is 2.17. The molecule has 1 amide bonds. The summed E-state index contributed by atoms with van der Waals surface area (Å²) in [7, 11) is 0. The summed E-state index contributed by atoms with van der Waals surface area (Å²) >= 11 is 0. The van der Waals surface area contributed by atoms with Crippen LogP contribution in [0.5, 0.6) is 0 Å². The van der Waals surface area contributed by atoms with Crippen LogP contribution in [0.25, 0.3) is 0 Å². The van der Waals surface area contributed by atoms with Gasteiger partial charge >= 0.3 is 0 Å². The number of benzene rings is 1. The molecule has 1 rings (SSSR count). The Morgan fingerprint density at radius 3 is 2.65 bits per heavy atom. The van der Waals surface area contributed by atoms with Crippen molar-refractivity contribution in [3.63, 3.8) is 0 Å². The topological polar surface area (TPSA) is 79.5 Å². The van der Waals surface area contributed by atoms with E-state index >= 15 is 0 Å². The van der Waals surface area contributed by atoms with Crippen LogP contribution in [0.1, 0.15) is 18.9 Å². The molecule has 1 aromatic carbocycles. The van der Waals surface area contributed by atoms with Crippen molar-refractivity contribution in [2.45, 2.75) is 19.9 Å². The maximum absolute atomic E-state index is 11.6. The van der Waals surface area contributed by atoms with Gasteiger partial charge in [0.15, 0.2) is 5.96 Å². The van der Waals surface area contributed by atoms with Crippen molar-refractivity contribution in [2.24, 2.45) is 10.7 Å². The summed E-state index contributed by atoms with van der Waals surface area (Å²) in [5.41, 5.74) is 7.66. The number of nitrogens with zero attached hydrogens (tertiary/aromatic N) is 1. The number of guanidine groups is 1. The third kappa shape index (κ3) is 7.20. The van der Waals surface area contributed by atoms with Crippen LogP contribution in [-0.2, 0) is 11.3 Å². The number of nitrogens with one attached hydrogen (secondary N) is 2. The van der Waals surface area contributed by atoms with Crippen molar-refractivity contribution < 1.29 is 4.79 Å². The van der Waals surface area contributed by atoms with E-state index in [0.29, 0.717) is 32.0 Å². The summed E-state index contributed by atoms with van der Waals surface area (Å²) in [6.07, 6.45) is 0.357. The van der Waals surface area contributed by atoms with Gasteiger partial charge in [-0.3, -0.25) is 4.79 Å². The molecule has 1 aromatic rings. The van der Waals surface area contributed by atoms with Gasteiger partial charge < -0.3 is 16.4 Å². The van der Waals surface area contributed by atoms with E-state index in [2.05, 4.69) is 22.2 Å². The first-order chi connectivity index (χ1) is 9.58. The molecular formula is C15H22N4O. The van der Waals surface area contributed by atoms with Gasteiger partial charge in [0.1, 0.15) is 0 Å². The highest BCUT2D eigenvalue weighted by atomic mass is 16.1. The number of carbonyl (C=O) groups excluding carboxylic acids is 1. The smallest absolute Gasteiger partial charge is 0.222 e. The number of nitrogens with two attached hydrogens (primary N) is 1. The lowest BCUT2D eigenvalue weighted by Crippen LogP contribution is -2.35. The van der Waals surface area contributed by atoms with Gasteiger partial charge in [-0.1, -0.05) is 42.5 Å². The average Bonchev–Trinajstić information content (AvgIpc) is 2.44. The van der Waals surface area contributed by atoms with Gasteiger partial charge in [-0.2, -0.15) is 0 Å². The van der Waals surface area contributed by atoms with E-state index in [4.69, 9.17) is 5.73 Å². The molecular weight excluding hydrogens is 252 g/mol. The van der Waals surface area contributed by atoms with Gasteiger partial charge in [0, 0.05) is 19.5 Å². The van der Waals surface area contributed by atoms with Crippen LogP contribution in [0.4, 0.5) is 0 Å². The molecule has 0 bridgehead atoms. The maximum atomic E-state index is 11.6. The lowest BCUT2D eigenvalue weighted by Gasteiger charge is -2.07. The molecule has 108 valence electrons. The van der Waals surface area contributed by atoms with Gasteiger partial charge in [-0.25, -0.2) is 4.99 Å². The van der Waals surface area contributed by atoms with Gasteiger partial charge in [-0.15, -0.1) is 0 Å². The van der Waals surface area contributed by atoms with Crippen molar-refractivity contribution in [1.82, 2.24) is 10.6 Å². The molecule has 0 saturated heterocycles. The van der Waals surface area contributed by atoms with Crippen molar-refractivity contribution in [3.8, 4) is 0 Å². The quantitative estimate of drug-likeness (QED) is 0.397. The fraction of sp³-hybridized carbons (Fsp3) is 0.333. The number of carbonyl (C=O) groups is 1. The second-order valence-electron chi connectivity index (χ2n) is 4.60. The Kier molecular flexibility index (Phi) is 6.89. The predicted molar refractivity (Wildman–Crippen MR) is 82.2 cm³/mol. The molecule has 0 aromatic heterocycles. The lowest BCUT2D eigenvalue weighted by atomic mass is 10.2. The Hall–Kier alpha value is -2.30. The van der Waals surface area contributed by atoms with E-state index in [9.17, 15) is 4.79 Å². The van der Waals surface area contributed by atoms with E-state index < -0.39 is 0 Å². The molecule has 0 heterocycles. The summed E-state index contributed by atoms with van der Waals surface area (Å²) in [6, 6.07) is 9.79. The molecule has 0 spiro atoms. The summed E-state index contributed by atoms with van der Waals surface area (Å²) in [6.45, 7) is 7.12. The highest BCUT2D eigenvalue weighted by Gasteiger charge is 2.01. The molecule has 0 radical (unpaired) electrons. The third-order valence-electron chi connectivity index (χ3n) is 2.51. The maximum Gasteiger partial charge on any atom is 0.222 e. The molecule has 0 unspecified atom stereocenters. The molecule has 4 N–H and O–H groups in total. The number of hydrogen-bond donors (Lipinski definition) is 3. The Bertz CT molecular complexity index is 468. The van der Waals surface area contributed by atoms with Crippen LogP contribution in [0.2, 0.25) is 0 Å². The van der Waals surface area contributed by atoms with Crippen molar-refractivity contribution in [1.29, 1.82) is 0 Å². The minimum absolute atomic E-state index is 0.0194. The van der Waals surface area contributed by atoms with E-state index in [-0.39, 0.29) is 5.91 Å². The van der Waals surface area contributed by atoms with Gasteiger partial charge in [0.2, 0.25) is 5.91 Å². The molecule has 5 heteroatoms. The first-order valence-electron chi connectivity index (χ1n) is 6.56. The van der Waals surface area contributed by atoms with Crippen LogP contribution >= 0.6 is 0 Å². The highest BCUT2D eigenvalue weighted by Crippen LogP contribution is 1.97. The molecule has 0 aliphatic carbocycles. The predicted octanol–water partition coefficient (Wildman–Crippen LogP) is 1.17. The zero-order chi connectivity index (χ0) is 14.8. The highest BCUT2D eigenvalue weighted by molar-refractivity contribution is 5.80. The summed E-state index contributed by atoms with van der Waals surface area (Å²) < 4.78 is 0. The number of aliphatic imine (C=N–C) groups is 1. The van der Waals surface area contributed by atoms with E-state index in [1.54, 1.807) is 0 Å².